The summed E-state index contributed by atoms with van der Waals surface area (Å²) in [6.45, 7) is 6.30. The molecule has 0 saturated carbocycles. The summed E-state index contributed by atoms with van der Waals surface area (Å²) < 4.78 is 5.33. The largest absolute Gasteiger partial charge is 0.445 e. The number of ether oxygens (including phenoxy) is 1. The second-order valence-corrected chi connectivity index (χ2v) is 7.44. The van der Waals surface area contributed by atoms with Crippen molar-refractivity contribution in [1.82, 2.24) is 5.32 Å². The number of alkyl carbamates (subject to hydrolysis) is 1. The highest BCUT2D eigenvalue weighted by molar-refractivity contribution is 5.97. The van der Waals surface area contributed by atoms with E-state index in [4.69, 9.17) is 10.5 Å². The van der Waals surface area contributed by atoms with Gasteiger partial charge in [-0.05, 0) is 47.4 Å². The van der Waals surface area contributed by atoms with E-state index in [9.17, 15) is 9.59 Å². The molecule has 3 aromatic carbocycles. The van der Waals surface area contributed by atoms with Gasteiger partial charge in [-0.2, -0.15) is 0 Å². The molecule has 164 valence electrons. The quantitative estimate of drug-likeness (QED) is 0.480. The summed E-state index contributed by atoms with van der Waals surface area (Å²) in [5.41, 5.74) is 10.4. The van der Waals surface area contributed by atoms with Crippen molar-refractivity contribution < 1.29 is 14.3 Å². The smallest absolute Gasteiger partial charge is 0.408 e. The van der Waals surface area contributed by atoms with Crippen molar-refractivity contribution in [3.8, 4) is 0 Å². The van der Waals surface area contributed by atoms with E-state index in [-0.39, 0.29) is 6.61 Å². The predicted octanol–water partition coefficient (Wildman–Crippen LogP) is 4.78. The molecule has 2 amide bonds. The van der Waals surface area contributed by atoms with Crippen molar-refractivity contribution in [3.63, 3.8) is 0 Å². The van der Waals surface area contributed by atoms with E-state index in [1.165, 1.54) is 0 Å². The summed E-state index contributed by atoms with van der Waals surface area (Å²) >= 11 is 0. The minimum absolute atomic E-state index is 0.103. The lowest BCUT2D eigenvalue weighted by atomic mass is 10.0. The maximum atomic E-state index is 13.2. The standard InChI is InChI=1S/C26H27N3O3/c1-18(2)21-11-7-12-22(15-21)24(25(30)28-23-13-6-10-20(14-23)16-27)29-26(31)32-17-19-8-4-3-5-9-19/h3-15,24H,1,16-17,27H2,2H3,(H,28,30)(H,29,31)/t24-/m1/s1. The third-order valence-electron chi connectivity index (χ3n) is 4.88. The number of anilines is 1. The first-order valence-electron chi connectivity index (χ1n) is 10.3. The number of rotatable bonds is 8. The molecule has 0 bridgehead atoms. The first kappa shape index (κ1) is 22.8. The highest BCUT2D eigenvalue weighted by Gasteiger charge is 2.24. The molecular formula is C26H27N3O3. The lowest BCUT2D eigenvalue weighted by Gasteiger charge is -2.20. The molecule has 0 saturated heterocycles. The monoisotopic (exact) mass is 429 g/mol. The molecule has 3 rings (SSSR count). The van der Waals surface area contributed by atoms with Gasteiger partial charge in [0.15, 0.2) is 0 Å². The molecule has 0 aromatic heterocycles. The van der Waals surface area contributed by atoms with Crippen molar-refractivity contribution in [2.75, 3.05) is 5.32 Å². The summed E-state index contributed by atoms with van der Waals surface area (Å²) in [5, 5.41) is 5.55. The van der Waals surface area contributed by atoms with Crippen LogP contribution in [0.2, 0.25) is 0 Å². The van der Waals surface area contributed by atoms with Gasteiger partial charge in [-0.15, -0.1) is 0 Å². The third-order valence-corrected chi connectivity index (χ3v) is 4.88. The fraction of sp³-hybridized carbons (Fsp3) is 0.154. The van der Waals surface area contributed by atoms with Crippen LogP contribution in [-0.2, 0) is 22.7 Å². The normalized spacial score (nSPS) is 11.3. The maximum absolute atomic E-state index is 13.2. The average Bonchev–Trinajstić information content (AvgIpc) is 2.82. The summed E-state index contributed by atoms with van der Waals surface area (Å²) in [4.78, 5) is 25.7. The van der Waals surface area contributed by atoms with Crippen molar-refractivity contribution in [3.05, 3.63) is 108 Å². The lowest BCUT2D eigenvalue weighted by Crippen LogP contribution is -2.37. The van der Waals surface area contributed by atoms with Crippen molar-refractivity contribution in [2.24, 2.45) is 5.73 Å². The Hall–Kier alpha value is -3.90. The lowest BCUT2D eigenvalue weighted by molar-refractivity contribution is -0.118. The molecule has 0 aliphatic heterocycles. The number of carbonyl (C=O) groups is 2. The van der Waals surface area contributed by atoms with Gasteiger partial charge in [0.05, 0.1) is 0 Å². The highest BCUT2D eigenvalue weighted by Crippen LogP contribution is 2.21. The second kappa shape index (κ2) is 10.9. The van der Waals surface area contributed by atoms with Crippen LogP contribution in [0.25, 0.3) is 5.57 Å². The zero-order chi connectivity index (χ0) is 22.9. The van der Waals surface area contributed by atoms with Crippen LogP contribution in [0.15, 0.2) is 85.4 Å². The van der Waals surface area contributed by atoms with Crippen LogP contribution < -0.4 is 16.4 Å². The zero-order valence-electron chi connectivity index (χ0n) is 18.0. The van der Waals surface area contributed by atoms with Gasteiger partial charge >= 0.3 is 6.09 Å². The average molecular weight is 430 g/mol. The van der Waals surface area contributed by atoms with E-state index >= 15 is 0 Å². The number of amides is 2. The van der Waals surface area contributed by atoms with E-state index < -0.39 is 18.0 Å². The Balaban J connectivity index is 1.80. The Bertz CT molecular complexity index is 1100. The molecule has 32 heavy (non-hydrogen) atoms. The minimum Gasteiger partial charge on any atom is -0.445 e. The fourth-order valence-corrected chi connectivity index (χ4v) is 3.16. The van der Waals surface area contributed by atoms with E-state index in [0.717, 1.165) is 22.3 Å². The van der Waals surface area contributed by atoms with Gasteiger partial charge in [-0.3, -0.25) is 4.79 Å². The Morgan fingerprint density at radius 3 is 2.41 bits per heavy atom. The summed E-state index contributed by atoms with van der Waals surface area (Å²) in [5.74, 6) is -0.394. The van der Waals surface area contributed by atoms with Crippen molar-refractivity contribution >= 4 is 23.3 Å². The van der Waals surface area contributed by atoms with E-state index in [0.29, 0.717) is 17.8 Å². The number of carbonyl (C=O) groups excluding carboxylic acids is 2. The highest BCUT2D eigenvalue weighted by atomic mass is 16.5. The van der Waals surface area contributed by atoms with E-state index in [1.54, 1.807) is 18.2 Å². The van der Waals surface area contributed by atoms with Crippen LogP contribution >= 0.6 is 0 Å². The van der Waals surface area contributed by atoms with Gasteiger partial charge < -0.3 is 21.1 Å². The van der Waals surface area contributed by atoms with Crippen molar-refractivity contribution in [2.45, 2.75) is 26.1 Å². The Kier molecular flexibility index (Phi) is 7.78. The molecule has 6 nitrogen and oxygen atoms in total. The molecule has 1 atom stereocenters. The van der Waals surface area contributed by atoms with Gasteiger partial charge in [-0.25, -0.2) is 4.79 Å². The fourth-order valence-electron chi connectivity index (χ4n) is 3.16. The predicted molar refractivity (Wildman–Crippen MR) is 127 cm³/mol. The minimum atomic E-state index is -0.959. The number of nitrogens with two attached hydrogens (primary N) is 1. The van der Waals surface area contributed by atoms with Crippen LogP contribution in [0.1, 0.15) is 35.2 Å². The van der Waals surface area contributed by atoms with Gasteiger partial charge in [0.1, 0.15) is 12.6 Å². The topological polar surface area (TPSA) is 93.4 Å². The van der Waals surface area contributed by atoms with Gasteiger partial charge in [0.2, 0.25) is 0 Å². The molecular weight excluding hydrogens is 402 g/mol. The number of nitrogens with one attached hydrogen (secondary N) is 2. The van der Waals surface area contributed by atoms with Crippen LogP contribution in [-0.4, -0.2) is 12.0 Å². The first-order valence-corrected chi connectivity index (χ1v) is 10.3. The second-order valence-electron chi connectivity index (χ2n) is 7.44. The first-order chi connectivity index (χ1) is 15.5. The molecule has 0 heterocycles. The van der Waals surface area contributed by atoms with Crippen molar-refractivity contribution in [1.29, 1.82) is 0 Å². The zero-order valence-corrected chi connectivity index (χ0v) is 18.0. The van der Waals surface area contributed by atoms with Crippen LogP contribution in [0, 0.1) is 0 Å². The SMILES string of the molecule is C=C(C)c1cccc([C@@H](NC(=O)OCc2ccccc2)C(=O)Nc2cccc(CN)c2)c1. The van der Waals surface area contributed by atoms with Crippen LogP contribution in [0.5, 0.6) is 0 Å². The van der Waals surface area contributed by atoms with Gasteiger partial charge in [-0.1, -0.05) is 72.8 Å². The number of benzene rings is 3. The molecule has 4 N–H and O–H groups in total. The van der Waals surface area contributed by atoms with Gasteiger partial charge in [0.25, 0.3) is 5.91 Å². The van der Waals surface area contributed by atoms with Crippen LogP contribution in [0.3, 0.4) is 0 Å². The summed E-state index contributed by atoms with van der Waals surface area (Å²) in [6.07, 6.45) is -0.689. The Labute approximate surface area is 188 Å². The molecule has 3 aromatic rings. The van der Waals surface area contributed by atoms with E-state index in [1.807, 2.05) is 67.6 Å². The third kappa shape index (κ3) is 6.30. The maximum Gasteiger partial charge on any atom is 0.408 e. The summed E-state index contributed by atoms with van der Waals surface area (Å²) in [6, 6.07) is 23.0. The molecule has 0 aliphatic carbocycles. The van der Waals surface area contributed by atoms with Crippen LogP contribution in [0.4, 0.5) is 10.5 Å². The summed E-state index contributed by atoms with van der Waals surface area (Å²) in [7, 11) is 0. The van der Waals surface area contributed by atoms with Gasteiger partial charge in [0, 0.05) is 12.2 Å². The number of allylic oxidation sites excluding steroid dienone is 1. The Morgan fingerprint density at radius 1 is 0.969 bits per heavy atom. The molecule has 0 fully saturated rings. The number of hydrogen-bond donors (Lipinski definition) is 3. The molecule has 6 heteroatoms. The molecule has 0 radical (unpaired) electrons. The molecule has 0 aliphatic rings. The molecule has 0 spiro atoms. The Morgan fingerprint density at radius 2 is 1.69 bits per heavy atom. The van der Waals surface area contributed by atoms with E-state index in [2.05, 4.69) is 17.2 Å². The number of hydrogen-bond acceptors (Lipinski definition) is 4. The molecule has 0 unspecified atom stereocenters.